The molecular formula is C22H23NO5. The van der Waals surface area contributed by atoms with Crippen LogP contribution in [0.1, 0.15) is 29.8 Å². The molecule has 0 aliphatic rings. The van der Waals surface area contributed by atoms with Crippen LogP contribution in [0.5, 0.6) is 5.75 Å². The third-order valence-corrected chi connectivity index (χ3v) is 4.63. The third kappa shape index (κ3) is 4.17. The van der Waals surface area contributed by atoms with E-state index in [4.69, 9.17) is 13.9 Å². The summed E-state index contributed by atoms with van der Waals surface area (Å²) in [6, 6.07) is 13.8. The van der Waals surface area contributed by atoms with Crippen molar-refractivity contribution >= 4 is 22.6 Å². The van der Waals surface area contributed by atoms with E-state index >= 15 is 0 Å². The van der Waals surface area contributed by atoms with Crippen LogP contribution in [0, 0.1) is 0 Å². The number of anilines is 1. The molecule has 0 unspecified atom stereocenters. The van der Waals surface area contributed by atoms with Crippen LogP contribution in [0.25, 0.3) is 11.0 Å². The fourth-order valence-corrected chi connectivity index (χ4v) is 3.08. The van der Waals surface area contributed by atoms with E-state index in [1.807, 2.05) is 12.1 Å². The van der Waals surface area contributed by atoms with Gasteiger partial charge in [0.2, 0.25) is 0 Å². The summed E-state index contributed by atoms with van der Waals surface area (Å²) in [5.74, 6) is 0.138. The molecule has 0 aliphatic carbocycles. The maximum atomic E-state index is 12.4. The van der Waals surface area contributed by atoms with Crippen molar-refractivity contribution < 1.29 is 18.7 Å². The lowest BCUT2D eigenvalue weighted by Crippen LogP contribution is -2.21. The highest BCUT2D eigenvalue weighted by Crippen LogP contribution is 2.23. The average Bonchev–Trinajstić information content (AvgIpc) is 2.72. The molecular weight excluding hydrogens is 358 g/mol. The molecule has 3 rings (SSSR count). The lowest BCUT2D eigenvalue weighted by atomic mass is 10.1. The zero-order valence-electron chi connectivity index (χ0n) is 16.2. The summed E-state index contributed by atoms with van der Waals surface area (Å²) in [5.41, 5.74) is 1.99. The van der Waals surface area contributed by atoms with Crippen molar-refractivity contribution in [3.05, 3.63) is 70.1 Å². The van der Waals surface area contributed by atoms with E-state index < -0.39 is 11.6 Å². The summed E-state index contributed by atoms with van der Waals surface area (Å²) in [7, 11) is 1.54. The van der Waals surface area contributed by atoms with E-state index in [1.54, 1.807) is 30.3 Å². The fourth-order valence-electron chi connectivity index (χ4n) is 3.08. The number of fused-ring (bicyclic) bond motifs is 1. The van der Waals surface area contributed by atoms with E-state index in [0.29, 0.717) is 27.8 Å². The third-order valence-electron chi connectivity index (χ3n) is 4.63. The molecule has 6 nitrogen and oxygen atoms in total. The Morgan fingerprint density at radius 3 is 2.39 bits per heavy atom. The molecule has 0 atom stereocenters. The van der Waals surface area contributed by atoms with Crippen molar-refractivity contribution in [2.24, 2.45) is 0 Å². The van der Waals surface area contributed by atoms with Crippen LogP contribution in [-0.4, -0.2) is 26.2 Å². The molecule has 1 heterocycles. The van der Waals surface area contributed by atoms with Crippen molar-refractivity contribution in [2.75, 3.05) is 25.1 Å². The van der Waals surface area contributed by atoms with Crippen LogP contribution < -0.4 is 15.3 Å². The van der Waals surface area contributed by atoms with Gasteiger partial charge in [0.1, 0.15) is 17.9 Å². The maximum Gasteiger partial charge on any atom is 0.338 e. The fraction of sp³-hybridized carbons (Fsp3) is 0.273. The highest BCUT2D eigenvalue weighted by molar-refractivity contribution is 5.90. The van der Waals surface area contributed by atoms with Gasteiger partial charge in [-0.1, -0.05) is 0 Å². The Kier molecular flexibility index (Phi) is 5.99. The Hall–Kier alpha value is -3.28. The number of nitrogens with zero attached hydrogens (tertiary/aromatic N) is 1. The summed E-state index contributed by atoms with van der Waals surface area (Å²) in [4.78, 5) is 26.4. The molecule has 0 spiro atoms. The molecule has 6 heteroatoms. The quantitative estimate of drug-likeness (QED) is 0.455. The average molecular weight is 381 g/mol. The number of methoxy groups -OCH3 is 1. The number of carbonyl (C=O) groups excluding carboxylic acids is 1. The van der Waals surface area contributed by atoms with Crippen molar-refractivity contribution in [2.45, 2.75) is 20.5 Å². The van der Waals surface area contributed by atoms with Crippen LogP contribution in [0.4, 0.5) is 5.69 Å². The van der Waals surface area contributed by atoms with Gasteiger partial charge in [-0.05, 0) is 50.2 Å². The number of esters is 1. The minimum atomic E-state index is -0.504. The Morgan fingerprint density at radius 1 is 1.04 bits per heavy atom. The van der Waals surface area contributed by atoms with Gasteiger partial charge >= 0.3 is 11.6 Å². The Labute approximate surface area is 163 Å². The molecule has 146 valence electrons. The van der Waals surface area contributed by atoms with Crippen molar-refractivity contribution in [3.63, 3.8) is 0 Å². The van der Waals surface area contributed by atoms with Crippen molar-refractivity contribution in [1.82, 2.24) is 0 Å². The molecule has 2 aromatic carbocycles. The Balaban J connectivity index is 1.76. The molecule has 0 saturated heterocycles. The van der Waals surface area contributed by atoms with Gasteiger partial charge in [-0.2, -0.15) is 0 Å². The predicted molar refractivity (Wildman–Crippen MR) is 108 cm³/mol. The van der Waals surface area contributed by atoms with Gasteiger partial charge in [-0.3, -0.25) is 0 Å². The van der Waals surface area contributed by atoms with Gasteiger partial charge in [-0.15, -0.1) is 0 Å². The van der Waals surface area contributed by atoms with Crippen LogP contribution in [0.3, 0.4) is 0 Å². The van der Waals surface area contributed by atoms with Crippen molar-refractivity contribution in [3.8, 4) is 5.75 Å². The second kappa shape index (κ2) is 8.61. The molecule has 0 N–H and O–H groups in total. The van der Waals surface area contributed by atoms with E-state index in [-0.39, 0.29) is 6.61 Å². The predicted octanol–water partition coefficient (Wildman–Crippen LogP) is 4.00. The summed E-state index contributed by atoms with van der Waals surface area (Å²) in [6.07, 6.45) is 0. The first-order valence-electron chi connectivity index (χ1n) is 9.18. The van der Waals surface area contributed by atoms with Crippen LogP contribution >= 0.6 is 0 Å². The second-order valence-electron chi connectivity index (χ2n) is 6.25. The minimum absolute atomic E-state index is 0.0228. The molecule has 0 saturated carbocycles. The smallest absolute Gasteiger partial charge is 0.338 e. The van der Waals surface area contributed by atoms with Gasteiger partial charge in [0, 0.05) is 41.9 Å². The summed E-state index contributed by atoms with van der Waals surface area (Å²) >= 11 is 0. The zero-order chi connectivity index (χ0) is 20.1. The lowest BCUT2D eigenvalue weighted by molar-refractivity contribution is 0.0474. The van der Waals surface area contributed by atoms with E-state index in [9.17, 15) is 9.59 Å². The number of carbonyl (C=O) groups is 1. The Bertz CT molecular complexity index is 1020. The SMILES string of the molecule is CCN(CC)c1ccc(C(=O)OCc2cc(=O)oc3cc(OC)ccc23)cc1. The highest BCUT2D eigenvalue weighted by atomic mass is 16.5. The number of ether oxygens (including phenoxy) is 2. The Morgan fingerprint density at radius 2 is 1.75 bits per heavy atom. The van der Waals surface area contributed by atoms with Crippen molar-refractivity contribution in [1.29, 1.82) is 0 Å². The van der Waals surface area contributed by atoms with E-state index in [0.717, 1.165) is 18.8 Å². The number of hydrogen-bond donors (Lipinski definition) is 0. The van der Waals surface area contributed by atoms with Gasteiger partial charge in [-0.25, -0.2) is 9.59 Å². The first kappa shape index (κ1) is 19.5. The van der Waals surface area contributed by atoms with E-state index in [2.05, 4.69) is 18.7 Å². The molecule has 0 fully saturated rings. The van der Waals surface area contributed by atoms with Crippen LogP contribution in [0.15, 0.2) is 57.7 Å². The molecule has 0 radical (unpaired) electrons. The number of benzene rings is 2. The highest BCUT2D eigenvalue weighted by Gasteiger charge is 2.12. The molecule has 0 bridgehead atoms. The zero-order valence-corrected chi connectivity index (χ0v) is 16.2. The molecule has 3 aromatic rings. The van der Waals surface area contributed by atoms with Gasteiger partial charge < -0.3 is 18.8 Å². The summed E-state index contributed by atoms with van der Waals surface area (Å²) in [5, 5.41) is 0.699. The van der Waals surface area contributed by atoms with Gasteiger partial charge in [0.05, 0.1) is 12.7 Å². The minimum Gasteiger partial charge on any atom is -0.497 e. The topological polar surface area (TPSA) is 69.0 Å². The molecule has 0 amide bonds. The monoisotopic (exact) mass is 381 g/mol. The number of rotatable bonds is 7. The van der Waals surface area contributed by atoms with Gasteiger partial charge in [0.15, 0.2) is 0 Å². The first-order chi connectivity index (χ1) is 13.5. The second-order valence-corrected chi connectivity index (χ2v) is 6.25. The van der Waals surface area contributed by atoms with Crippen LogP contribution in [-0.2, 0) is 11.3 Å². The van der Waals surface area contributed by atoms with Crippen LogP contribution in [0.2, 0.25) is 0 Å². The summed E-state index contributed by atoms with van der Waals surface area (Å²) in [6.45, 7) is 5.94. The number of hydrogen-bond acceptors (Lipinski definition) is 6. The van der Waals surface area contributed by atoms with Gasteiger partial charge in [0.25, 0.3) is 0 Å². The van der Waals surface area contributed by atoms with E-state index in [1.165, 1.54) is 13.2 Å². The normalized spacial score (nSPS) is 10.7. The lowest BCUT2D eigenvalue weighted by Gasteiger charge is -2.20. The largest absolute Gasteiger partial charge is 0.497 e. The molecule has 0 aliphatic heterocycles. The standard InChI is InChI=1S/C22H23NO5/c1-4-23(5-2)17-8-6-15(7-9-17)22(25)27-14-16-12-21(24)28-20-13-18(26-3)10-11-19(16)20/h6-13H,4-5,14H2,1-3H3. The summed E-state index contributed by atoms with van der Waals surface area (Å²) < 4.78 is 15.8. The molecule has 1 aromatic heterocycles. The maximum absolute atomic E-state index is 12.4. The first-order valence-corrected chi connectivity index (χ1v) is 9.18. The molecule has 28 heavy (non-hydrogen) atoms.